The number of aliphatic carboxylic acids is 1. The molecule has 0 saturated carbocycles. The maximum Gasteiger partial charge on any atom is 0.418 e. The predicted molar refractivity (Wildman–Crippen MR) is 163 cm³/mol. The Balaban J connectivity index is 1.26. The molecule has 2 fully saturated rings. The smallest absolute Gasteiger partial charge is 0.418 e. The third-order valence-corrected chi connectivity index (χ3v) is 8.16. The number of rotatable bonds is 14. The number of carbonyl (C=O) groups is 3. The third-order valence-electron chi connectivity index (χ3n) is 7.15. The van der Waals surface area contributed by atoms with Crippen molar-refractivity contribution in [3.05, 3.63) is 41.4 Å². The van der Waals surface area contributed by atoms with Gasteiger partial charge in [-0.1, -0.05) is 5.16 Å². The number of β-lactam (4-membered cyclic amide) rings is 1. The summed E-state index contributed by atoms with van der Waals surface area (Å²) in [6.45, 7) is 4.98. The van der Waals surface area contributed by atoms with Crippen molar-refractivity contribution in [1.82, 2.24) is 25.7 Å². The summed E-state index contributed by atoms with van der Waals surface area (Å²) in [5.74, 6) is -1.83. The van der Waals surface area contributed by atoms with Crippen LogP contribution in [-0.2, 0) is 33.9 Å². The van der Waals surface area contributed by atoms with Crippen LogP contribution in [-0.4, -0.2) is 101 Å². The van der Waals surface area contributed by atoms with E-state index in [0.717, 1.165) is 42.2 Å². The second-order valence-corrected chi connectivity index (χ2v) is 12.8. The summed E-state index contributed by atoms with van der Waals surface area (Å²) in [7, 11) is -5.01. The van der Waals surface area contributed by atoms with Gasteiger partial charge in [-0.15, -0.1) is 15.6 Å². The molecule has 2 aliphatic rings. The van der Waals surface area contributed by atoms with Crippen LogP contribution in [0.3, 0.4) is 0 Å². The Morgan fingerprint density at radius 3 is 2.63 bits per heavy atom. The first kappa shape index (κ1) is 32.8. The molecule has 2 aromatic heterocycles. The van der Waals surface area contributed by atoms with Crippen molar-refractivity contribution in [2.45, 2.75) is 31.5 Å². The van der Waals surface area contributed by atoms with Gasteiger partial charge in [-0.05, 0) is 44.2 Å². The highest BCUT2D eigenvalue weighted by Crippen LogP contribution is 2.33. The van der Waals surface area contributed by atoms with Crippen molar-refractivity contribution >= 4 is 67.1 Å². The number of anilines is 2. The molecule has 246 valence electrons. The molecule has 2 saturated heterocycles. The zero-order chi connectivity index (χ0) is 33.2. The average Bonchev–Trinajstić information content (AvgIpc) is 3.40. The van der Waals surface area contributed by atoms with Gasteiger partial charge in [0, 0.05) is 36.3 Å². The molecule has 2 atom stereocenters. The predicted octanol–water partition coefficient (Wildman–Crippen LogP) is -0.00230. The number of nitrogens with zero attached hydrogens (tertiary/aromatic N) is 4. The van der Waals surface area contributed by atoms with E-state index in [9.17, 15) is 27.9 Å². The topological polar surface area (TPSA) is 257 Å². The fourth-order valence-electron chi connectivity index (χ4n) is 4.49. The number of hydrogen-bond acceptors (Lipinski definition) is 15. The normalized spacial score (nSPS) is 18.8. The SMILES string of the molecule is CC1(C)C(NC(=O)C(=NOC(COc2ccc3nc(NCC4CNC4)ccc3c2)C(=O)O)c2csc(N)n2)C(=O)N1OS(=O)(=O)O. The van der Waals surface area contributed by atoms with Crippen LogP contribution in [0, 0.1) is 5.92 Å². The number of oxime groups is 1. The number of ether oxygens (including phenoxy) is 1. The fourth-order valence-corrected chi connectivity index (χ4v) is 5.49. The van der Waals surface area contributed by atoms with Crippen LogP contribution in [0.5, 0.6) is 5.75 Å². The highest BCUT2D eigenvalue weighted by Gasteiger charge is 2.58. The van der Waals surface area contributed by atoms with Gasteiger partial charge in [0.05, 0.1) is 11.1 Å². The minimum Gasteiger partial charge on any atom is -0.489 e. The number of carboxylic acid groups (broad SMARTS) is 1. The van der Waals surface area contributed by atoms with E-state index in [2.05, 4.69) is 35.4 Å². The van der Waals surface area contributed by atoms with Crippen LogP contribution in [0.25, 0.3) is 10.9 Å². The molecule has 46 heavy (non-hydrogen) atoms. The molecular weight excluding hydrogens is 648 g/mol. The number of amides is 2. The summed E-state index contributed by atoms with van der Waals surface area (Å²) in [6, 6.07) is 7.42. The first-order chi connectivity index (χ1) is 21.7. The highest BCUT2D eigenvalue weighted by atomic mass is 32.3. The number of carboxylic acids is 1. The average molecular weight is 679 g/mol. The Morgan fingerprint density at radius 2 is 2.02 bits per heavy atom. The van der Waals surface area contributed by atoms with E-state index in [1.807, 2.05) is 12.1 Å². The number of nitrogens with one attached hydrogen (secondary N) is 3. The molecule has 20 heteroatoms. The highest BCUT2D eigenvalue weighted by molar-refractivity contribution is 7.80. The molecule has 2 unspecified atom stereocenters. The number of pyridine rings is 1. The Kier molecular flexibility index (Phi) is 9.26. The molecule has 4 heterocycles. The third kappa shape index (κ3) is 7.42. The number of hydrogen-bond donors (Lipinski definition) is 6. The van der Waals surface area contributed by atoms with E-state index in [1.54, 1.807) is 18.2 Å². The standard InChI is InChI=1S/C26H30N8O10S2/c1-26(2)21(23(36)34(26)44-46(39,40)41)32-22(35)20(17-12-45-25(27)31-17)33-43-18(24(37)38)11-42-15-4-5-16-14(7-15)3-6-19(30-16)29-10-13-8-28-9-13/h3-7,12-13,18,21,28H,8-11H2,1-2H3,(H2,27,31)(H,29,30)(H,32,35)(H,37,38)(H,39,40,41). The van der Waals surface area contributed by atoms with Gasteiger partial charge in [-0.25, -0.2) is 14.8 Å². The quantitative estimate of drug-likeness (QED) is 0.0567. The summed E-state index contributed by atoms with van der Waals surface area (Å²) in [6.07, 6.45) is -1.68. The molecule has 0 aliphatic carbocycles. The van der Waals surface area contributed by atoms with Crippen molar-refractivity contribution < 1.29 is 46.3 Å². The lowest BCUT2D eigenvalue weighted by molar-refractivity contribution is -0.218. The van der Waals surface area contributed by atoms with Gasteiger partial charge in [0.2, 0.25) is 0 Å². The summed E-state index contributed by atoms with van der Waals surface area (Å²) in [5, 5.41) is 24.9. The Labute approximate surface area is 265 Å². The van der Waals surface area contributed by atoms with Crippen LogP contribution in [0.2, 0.25) is 0 Å². The monoisotopic (exact) mass is 678 g/mol. The van der Waals surface area contributed by atoms with Gasteiger partial charge in [0.1, 0.15) is 29.9 Å². The van der Waals surface area contributed by atoms with Crippen LogP contribution in [0.1, 0.15) is 19.5 Å². The number of hydroxylamine groups is 2. The molecule has 2 amide bonds. The lowest BCUT2D eigenvalue weighted by atomic mass is 9.84. The van der Waals surface area contributed by atoms with E-state index in [4.69, 9.17) is 19.9 Å². The summed E-state index contributed by atoms with van der Waals surface area (Å²) < 4.78 is 41.1. The van der Waals surface area contributed by atoms with Crippen LogP contribution in [0.15, 0.2) is 40.9 Å². The van der Waals surface area contributed by atoms with Gasteiger partial charge in [0.15, 0.2) is 10.8 Å². The molecule has 0 radical (unpaired) electrons. The maximum atomic E-state index is 13.2. The maximum absolute atomic E-state index is 13.2. The second kappa shape index (κ2) is 13.0. The van der Waals surface area contributed by atoms with Gasteiger partial charge >= 0.3 is 16.4 Å². The van der Waals surface area contributed by atoms with Crippen LogP contribution in [0.4, 0.5) is 10.9 Å². The molecule has 5 rings (SSSR count). The zero-order valence-electron chi connectivity index (χ0n) is 24.4. The van der Waals surface area contributed by atoms with Crippen molar-refractivity contribution in [1.29, 1.82) is 0 Å². The fraction of sp³-hybridized carbons (Fsp3) is 0.385. The van der Waals surface area contributed by atoms with E-state index >= 15 is 0 Å². The Hall–Kier alpha value is -4.63. The number of fused-ring (bicyclic) bond motifs is 1. The minimum atomic E-state index is -5.01. The molecule has 0 bridgehead atoms. The number of nitrogen functional groups attached to an aromatic ring is 1. The Morgan fingerprint density at radius 1 is 1.26 bits per heavy atom. The van der Waals surface area contributed by atoms with Crippen LogP contribution >= 0.6 is 11.3 Å². The number of carbonyl (C=O) groups excluding carboxylic acids is 2. The summed E-state index contributed by atoms with van der Waals surface area (Å²) >= 11 is 0.961. The van der Waals surface area contributed by atoms with E-state index in [1.165, 1.54) is 19.2 Å². The van der Waals surface area contributed by atoms with Gasteiger partial charge in [-0.3, -0.25) is 14.1 Å². The van der Waals surface area contributed by atoms with Crippen LogP contribution < -0.4 is 26.4 Å². The van der Waals surface area contributed by atoms with E-state index in [0.29, 0.717) is 22.2 Å². The van der Waals surface area contributed by atoms with Crippen molar-refractivity contribution in [3.63, 3.8) is 0 Å². The number of thiazole rings is 1. The van der Waals surface area contributed by atoms with Crippen molar-refractivity contribution in [3.8, 4) is 5.75 Å². The first-order valence-corrected chi connectivity index (χ1v) is 15.9. The zero-order valence-corrected chi connectivity index (χ0v) is 26.0. The van der Waals surface area contributed by atoms with Crippen molar-refractivity contribution in [2.24, 2.45) is 11.1 Å². The van der Waals surface area contributed by atoms with E-state index in [-0.39, 0.29) is 10.8 Å². The molecular formula is C26H30N8O10S2. The lowest BCUT2D eigenvalue weighted by Crippen LogP contribution is -2.76. The Bertz CT molecular complexity index is 1790. The number of aromatic nitrogens is 2. The summed E-state index contributed by atoms with van der Waals surface area (Å²) in [4.78, 5) is 51.5. The second-order valence-electron chi connectivity index (χ2n) is 10.9. The molecule has 18 nitrogen and oxygen atoms in total. The van der Waals surface area contributed by atoms with Gasteiger partial charge in [-0.2, -0.15) is 13.5 Å². The molecule has 1 aromatic carbocycles. The number of nitrogens with two attached hydrogens (primary N) is 1. The van der Waals surface area contributed by atoms with E-state index < -0.39 is 58.2 Å². The molecule has 2 aliphatic heterocycles. The van der Waals surface area contributed by atoms with Gasteiger partial charge in [0.25, 0.3) is 17.9 Å². The molecule has 3 aromatic rings. The molecule has 7 N–H and O–H groups in total. The van der Waals surface area contributed by atoms with Crippen molar-refractivity contribution in [2.75, 3.05) is 37.3 Å². The largest absolute Gasteiger partial charge is 0.489 e. The first-order valence-electron chi connectivity index (χ1n) is 13.7. The van der Waals surface area contributed by atoms with Gasteiger partial charge < -0.3 is 36.4 Å². The molecule has 0 spiro atoms. The number of benzene rings is 1. The minimum absolute atomic E-state index is 0.0609. The lowest BCUT2D eigenvalue weighted by Gasteiger charge is -2.50. The summed E-state index contributed by atoms with van der Waals surface area (Å²) in [5.41, 5.74) is 4.37.